The Labute approximate surface area is 119 Å². The fourth-order valence-corrected chi connectivity index (χ4v) is 2.81. The lowest BCUT2D eigenvalue weighted by molar-refractivity contribution is -0.128. The minimum Gasteiger partial charge on any atom is -0.383 e. The lowest BCUT2D eigenvalue weighted by Crippen LogP contribution is -2.39. The maximum absolute atomic E-state index is 12.0. The van der Waals surface area contributed by atoms with Crippen LogP contribution in [-0.2, 0) is 11.2 Å². The van der Waals surface area contributed by atoms with Gasteiger partial charge in [-0.3, -0.25) is 4.79 Å². The van der Waals surface area contributed by atoms with Gasteiger partial charge in [0, 0.05) is 25.7 Å². The molecular weight excluding hydrogens is 254 g/mol. The van der Waals surface area contributed by atoms with Crippen LogP contribution in [0.4, 0.5) is 11.6 Å². The first-order valence-corrected chi connectivity index (χ1v) is 7.08. The van der Waals surface area contributed by atoms with Gasteiger partial charge in [-0.2, -0.15) is 0 Å². The summed E-state index contributed by atoms with van der Waals surface area (Å²) >= 11 is 0. The number of nitrogens with two attached hydrogens (primary N) is 1. The molecule has 1 saturated heterocycles. The third-order valence-electron chi connectivity index (χ3n) is 4.00. The van der Waals surface area contributed by atoms with E-state index in [4.69, 9.17) is 5.73 Å². The molecule has 110 valence electrons. The minimum absolute atomic E-state index is 0.0825. The number of nitrogens with one attached hydrogen (secondary N) is 1. The Morgan fingerprint density at radius 3 is 2.95 bits per heavy atom. The smallest absolute Gasteiger partial charge is 0.227 e. The van der Waals surface area contributed by atoms with Crippen LogP contribution in [0.3, 0.4) is 0 Å². The summed E-state index contributed by atoms with van der Waals surface area (Å²) in [6.07, 6.45) is 4.17. The van der Waals surface area contributed by atoms with Crippen LogP contribution in [0.2, 0.25) is 0 Å². The van der Waals surface area contributed by atoms with E-state index in [-0.39, 0.29) is 11.3 Å². The van der Waals surface area contributed by atoms with E-state index < -0.39 is 0 Å². The molecule has 6 nitrogen and oxygen atoms in total. The predicted molar refractivity (Wildman–Crippen MR) is 79.4 cm³/mol. The third kappa shape index (κ3) is 2.55. The highest BCUT2D eigenvalue weighted by atomic mass is 16.2. The maximum atomic E-state index is 12.0. The lowest BCUT2D eigenvalue weighted by Gasteiger charge is -2.24. The molecule has 0 bridgehead atoms. The number of hydrogen-bond acceptors (Lipinski definition) is 5. The van der Waals surface area contributed by atoms with Crippen molar-refractivity contribution in [2.75, 3.05) is 30.8 Å². The van der Waals surface area contributed by atoms with E-state index >= 15 is 0 Å². The van der Waals surface area contributed by atoms with Gasteiger partial charge in [-0.25, -0.2) is 9.97 Å². The summed E-state index contributed by atoms with van der Waals surface area (Å²) in [5.41, 5.74) is 6.60. The molecular formula is C14H23N5O. The van der Waals surface area contributed by atoms with Gasteiger partial charge in [0.05, 0.1) is 5.41 Å². The van der Waals surface area contributed by atoms with E-state index in [0.717, 1.165) is 37.2 Å². The van der Waals surface area contributed by atoms with Gasteiger partial charge >= 0.3 is 0 Å². The Morgan fingerprint density at radius 1 is 1.55 bits per heavy atom. The molecule has 6 heteroatoms. The zero-order chi connectivity index (χ0) is 14.8. The molecule has 1 aliphatic rings. The molecule has 0 aliphatic carbocycles. The number of hydrogen-bond donors (Lipinski definition) is 2. The van der Waals surface area contributed by atoms with Gasteiger partial charge in [-0.15, -0.1) is 0 Å². The summed E-state index contributed by atoms with van der Waals surface area (Å²) in [4.78, 5) is 22.6. The zero-order valence-electron chi connectivity index (χ0n) is 12.4. The normalized spacial score (nSPS) is 22.1. The Balaban J connectivity index is 2.26. The van der Waals surface area contributed by atoms with Crippen molar-refractivity contribution in [3.8, 4) is 0 Å². The number of amides is 1. The molecule has 1 amide bonds. The summed E-state index contributed by atoms with van der Waals surface area (Å²) in [7, 11) is 1.68. The van der Waals surface area contributed by atoms with E-state index in [1.54, 1.807) is 7.05 Å². The number of aromatic nitrogens is 2. The number of anilines is 2. The number of carbonyl (C=O) groups excluding carboxylic acids is 1. The second-order valence-corrected chi connectivity index (χ2v) is 5.62. The van der Waals surface area contributed by atoms with E-state index in [9.17, 15) is 4.79 Å². The number of nitrogen functional groups attached to an aromatic ring is 1. The largest absolute Gasteiger partial charge is 0.383 e. The quantitative estimate of drug-likeness (QED) is 0.857. The SMILES string of the molecule is CCCc1c(N)ncnc1N1CCC(C)(C(=O)NC)C1. The Hall–Kier alpha value is -1.85. The highest BCUT2D eigenvalue weighted by molar-refractivity contribution is 5.83. The van der Waals surface area contributed by atoms with Gasteiger partial charge in [0.25, 0.3) is 0 Å². The van der Waals surface area contributed by atoms with E-state index in [1.807, 2.05) is 6.92 Å². The molecule has 2 rings (SSSR count). The Morgan fingerprint density at radius 2 is 2.30 bits per heavy atom. The number of carbonyl (C=O) groups is 1. The van der Waals surface area contributed by atoms with Crippen LogP contribution in [0.5, 0.6) is 0 Å². The minimum atomic E-state index is -0.363. The van der Waals surface area contributed by atoms with Gasteiger partial charge in [-0.05, 0) is 19.8 Å². The van der Waals surface area contributed by atoms with Crippen molar-refractivity contribution >= 4 is 17.5 Å². The molecule has 1 unspecified atom stereocenters. The van der Waals surface area contributed by atoms with Crippen LogP contribution in [0.15, 0.2) is 6.33 Å². The van der Waals surface area contributed by atoms with E-state index in [1.165, 1.54) is 6.33 Å². The molecule has 1 aromatic heterocycles. The van der Waals surface area contributed by atoms with Crippen molar-refractivity contribution in [3.63, 3.8) is 0 Å². The fourth-order valence-electron chi connectivity index (χ4n) is 2.81. The predicted octanol–water partition coefficient (Wildman–Crippen LogP) is 0.974. The van der Waals surface area contributed by atoms with E-state index in [2.05, 4.69) is 27.1 Å². The van der Waals surface area contributed by atoms with Crippen molar-refractivity contribution in [2.45, 2.75) is 33.1 Å². The molecule has 2 heterocycles. The maximum Gasteiger partial charge on any atom is 0.227 e. The average molecular weight is 277 g/mol. The fraction of sp³-hybridized carbons (Fsp3) is 0.643. The molecule has 1 aromatic rings. The van der Waals surface area contributed by atoms with Gasteiger partial charge in [0.1, 0.15) is 18.0 Å². The van der Waals surface area contributed by atoms with Crippen molar-refractivity contribution in [3.05, 3.63) is 11.9 Å². The molecule has 1 fully saturated rings. The van der Waals surface area contributed by atoms with Gasteiger partial charge in [0.2, 0.25) is 5.91 Å². The summed E-state index contributed by atoms with van der Waals surface area (Å²) in [6, 6.07) is 0. The molecule has 3 N–H and O–H groups in total. The highest BCUT2D eigenvalue weighted by Gasteiger charge is 2.40. The Bertz CT molecular complexity index is 504. The second kappa shape index (κ2) is 5.64. The molecule has 1 atom stereocenters. The van der Waals surface area contributed by atoms with Crippen LogP contribution >= 0.6 is 0 Å². The molecule has 0 radical (unpaired) electrons. The van der Waals surface area contributed by atoms with Crippen LogP contribution in [-0.4, -0.2) is 36.0 Å². The van der Waals surface area contributed by atoms with Gasteiger partial charge < -0.3 is 16.0 Å². The average Bonchev–Trinajstić information content (AvgIpc) is 2.84. The topological polar surface area (TPSA) is 84.1 Å². The summed E-state index contributed by atoms with van der Waals surface area (Å²) < 4.78 is 0. The summed E-state index contributed by atoms with van der Waals surface area (Å²) in [5.74, 6) is 1.51. The van der Waals surface area contributed by atoms with Crippen LogP contribution in [0.1, 0.15) is 32.3 Å². The van der Waals surface area contributed by atoms with Gasteiger partial charge in [-0.1, -0.05) is 13.3 Å². The first kappa shape index (κ1) is 14.6. The van der Waals surface area contributed by atoms with Crippen molar-refractivity contribution in [1.29, 1.82) is 0 Å². The van der Waals surface area contributed by atoms with Crippen LogP contribution in [0, 0.1) is 5.41 Å². The highest BCUT2D eigenvalue weighted by Crippen LogP contribution is 2.35. The Kier molecular flexibility index (Phi) is 4.11. The monoisotopic (exact) mass is 277 g/mol. The standard InChI is InChI=1S/C14H23N5O/c1-4-5-10-11(15)17-9-18-12(10)19-7-6-14(2,8-19)13(20)16-3/h9H,4-8H2,1-3H3,(H,16,20)(H2,15,17,18). The molecule has 20 heavy (non-hydrogen) atoms. The number of nitrogens with zero attached hydrogens (tertiary/aromatic N) is 3. The van der Waals surface area contributed by atoms with Crippen LogP contribution < -0.4 is 16.0 Å². The lowest BCUT2D eigenvalue weighted by atomic mass is 9.89. The van der Waals surface area contributed by atoms with Gasteiger partial charge in [0.15, 0.2) is 0 Å². The van der Waals surface area contributed by atoms with Crippen molar-refractivity contribution in [1.82, 2.24) is 15.3 Å². The summed E-state index contributed by atoms with van der Waals surface area (Å²) in [5, 5.41) is 2.75. The molecule has 0 spiro atoms. The van der Waals surface area contributed by atoms with Crippen molar-refractivity contribution in [2.24, 2.45) is 5.41 Å². The van der Waals surface area contributed by atoms with E-state index in [0.29, 0.717) is 12.4 Å². The second-order valence-electron chi connectivity index (χ2n) is 5.62. The third-order valence-corrected chi connectivity index (χ3v) is 4.00. The summed E-state index contributed by atoms with van der Waals surface area (Å²) in [6.45, 7) is 5.58. The number of rotatable bonds is 4. The molecule has 0 aromatic carbocycles. The van der Waals surface area contributed by atoms with Crippen molar-refractivity contribution < 1.29 is 4.79 Å². The zero-order valence-corrected chi connectivity index (χ0v) is 12.4. The molecule has 1 aliphatic heterocycles. The first-order chi connectivity index (χ1) is 9.51. The van der Waals surface area contributed by atoms with Crippen LogP contribution in [0.25, 0.3) is 0 Å². The first-order valence-electron chi connectivity index (χ1n) is 7.08. The molecule has 0 saturated carbocycles.